The van der Waals surface area contributed by atoms with E-state index in [1.165, 1.54) is 0 Å². The summed E-state index contributed by atoms with van der Waals surface area (Å²) in [6.07, 6.45) is 3.52. The molecule has 1 amide bonds. The molecule has 3 aromatic carbocycles. The third kappa shape index (κ3) is 6.91. The van der Waals surface area contributed by atoms with Gasteiger partial charge in [0, 0.05) is 6.42 Å². The fourth-order valence-corrected chi connectivity index (χ4v) is 3.66. The molecule has 0 atom stereocenters. The maximum absolute atomic E-state index is 12.1. The van der Waals surface area contributed by atoms with Crippen LogP contribution in [-0.4, -0.2) is 32.6 Å². The topological polar surface area (TPSA) is 87.6 Å². The van der Waals surface area contributed by atoms with Gasteiger partial charge in [-0.3, -0.25) is 4.79 Å². The summed E-state index contributed by atoms with van der Waals surface area (Å²) < 4.78 is 27.7. The minimum absolute atomic E-state index is 0.131. The smallest absolute Gasteiger partial charge is 0.240 e. The Morgan fingerprint density at radius 3 is 2.58 bits per heavy atom. The Hall–Kier alpha value is -4.20. The number of rotatable bonds is 12. The molecule has 4 rings (SSSR count). The molecular weight excluding hydrogens is 460 g/mol. The molecule has 0 aromatic heterocycles. The van der Waals surface area contributed by atoms with E-state index in [4.69, 9.17) is 23.7 Å². The predicted molar refractivity (Wildman–Crippen MR) is 136 cm³/mol. The van der Waals surface area contributed by atoms with Crippen molar-refractivity contribution in [2.75, 3.05) is 20.5 Å². The molecule has 36 heavy (non-hydrogen) atoms. The van der Waals surface area contributed by atoms with Crippen molar-refractivity contribution in [2.24, 2.45) is 5.10 Å². The van der Waals surface area contributed by atoms with Crippen LogP contribution < -0.4 is 29.1 Å². The molecule has 0 spiro atoms. The standard InChI is InChI=1S/C28H30N2O6/c1-3-33-26-15-21(9-13-24(26)34-18-22-10-14-25-27(16-22)36-19-35-25)17-29-30-28(31)6-4-5-20-7-11-23(32-2)12-8-20/h7-17H,3-6,18-19H2,1-2H3,(H,30,31)/b29-17+. The van der Waals surface area contributed by atoms with E-state index in [0.29, 0.717) is 31.1 Å². The fourth-order valence-electron chi connectivity index (χ4n) is 3.66. The van der Waals surface area contributed by atoms with E-state index in [1.807, 2.05) is 67.6 Å². The van der Waals surface area contributed by atoms with Crippen molar-refractivity contribution in [2.45, 2.75) is 32.8 Å². The van der Waals surface area contributed by atoms with E-state index in [0.717, 1.165) is 46.8 Å². The Labute approximate surface area is 210 Å². The van der Waals surface area contributed by atoms with Crippen molar-refractivity contribution >= 4 is 12.1 Å². The third-order valence-electron chi connectivity index (χ3n) is 5.53. The third-order valence-corrected chi connectivity index (χ3v) is 5.53. The van der Waals surface area contributed by atoms with E-state index in [1.54, 1.807) is 13.3 Å². The van der Waals surface area contributed by atoms with Gasteiger partial charge >= 0.3 is 0 Å². The number of fused-ring (bicyclic) bond motifs is 1. The Morgan fingerprint density at radius 2 is 1.78 bits per heavy atom. The first kappa shape index (κ1) is 24.9. The minimum atomic E-state index is -0.131. The molecule has 0 fully saturated rings. The summed E-state index contributed by atoms with van der Waals surface area (Å²) in [5.74, 6) is 3.37. The Bertz CT molecular complexity index is 1190. The van der Waals surface area contributed by atoms with Gasteiger partial charge in [-0.15, -0.1) is 0 Å². The number of methoxy groups -OCH3 is 1. The SMILES string of the molecule is CCOc1cc(/C=N/NC(=O)CCCc2ccc(OC)cc2)ccc1OCc1ccc2c(c1)OCO2. The first-order chi connectivity index (χ1) is 17.6. The summed E-state index contributed by atoms with van der Waals surface area (Å²) in [5, 5.41) is 4.08. The molecule has 0 radical (unpaired) electrons. The number of benzene rings is 3. The molecule has 1 aliphatic rings. The monoisotopic (exact) mass is 490 g/mol. The lowest BCUT2D eigenvalue weighted by atomic mass is 10.1. The van der Waals surface area contributed by atoms with E-state index in [9.17, 15) is 4.79 Å². The van der Waals surface area contributed by atoms with E-state index >= 15 is 0 Å². The van der Waals surface area contributed by atoms with Crippen LogP contribution >= 0.6 is 0 Å². The van der Waals surface area contributed by atoms with E-state index in [-0.39, 0.29) is 12.7 Å². The maximum Gasteiger partial charge on any atom is 0.240 e. The number of carbonyl (C=O) groups excluding carboxylic acids is 1. The molecule has 3 aromatic rings. The molecular formula is C28H30N2O6. The summed E-state index contributed by atoms with van der Waals surface area (Å²) in [7, 11) is 1.64. The molecule has 188 valence electrons. The summed E-state index contributed by atoms with van der Waals surface area (Å²) in [4.78, 5) is 12.1. The van der Waals surface area contributed by atoms with Crippen LogP contribution in [0.25, 0.3) is 0 Å². The largest absolute Gasteiger partial charge is 0.497 e. The van der Waals surface area contributed by atoms with Crippen LogP contribution in [0.15, 0.2) is 65.8 Å². The Morgan fingerprint density at radius 1 is 0.972 bits per heavy atom. The highest BCUT2D eigenvalue weighted by molar-refractivity contribution is 5.83. The number of ether oxygens (including phenoxy) is 5. The first-order valence-corrected chi connectivity index (χ1v) is 11.9. The molecule has 8 heteroatoms. The Kier molecular flexibility index (Phi) is 8.64. The van der Waals surface area contributed by atoms with Gasteiger partial charge in [0.25, 0.3) is 0 Å². The Balaban J connectivity index is 1.26. The first-order valence-electron chi connectivity index (χ1n) is 11.9. The highest BCUT2D eigenvalue weighted by atomic mass is 16.7. The van der Waals surface area contributed by atoms with Crippen LogP contribution in [0.3, 0.4) is 0 Å². The zero-order chi connectivity index (χ0) is 25.2. The average Bonchev–Trinajstić information content (AvgIpc) is 3.37. The molecule has 1 heterocycles. The summed E-state index contributed by atoms with van der Waals surface area (Å²) >= 11 is 0. The van der Waals surface area contributed by atoms with Crippen molar-refractivity contribution in [3.63, 3.8) is 0 Å². The second kappa shape index (κ2) is 12.5. The number of aryl methyl sites for hydroxylation is 1. The van der Waals surface area contributed by atoms with Crippen LogP contribution in [0.5, 0.6) is 28.7 Å². The predicted octanol–water partition coefficient (Wildman–Crippen LogP) is 4.87. The minimum Gasteiger partial charge on any atom is -0.497 e. The van der Waals surface area contributed by atoms with Crippen LogP contribution in [0, 0.1) is 0 Å². The fraction of sp³-hybridized carbons (Fsp3) is 0.286. The average molecular weight is 491 g/mol. The number of hydrogen-bond acceptors (Lipinski definition) is 7. The molecule has 0 bridgehead atoms. The lowest BCUT2D eigenvalue weighted by Gasteiger charge is -2.13. The van der Waals surface area contributed by atoms with Gasteiger partial charge in [0.2, 0.25) is 12.7 Å². The molecule has 1 aliphatic heterocycles. The van der Waals surface area contributed by atoms with Gasteiger partial charge in [-0.2, -0.15) is 5.10 Å². The number of amides is 1. The lowest BCUT2D eigenvalue weighted by Crippen LogP contribution is -2.17. The van der Waals surface area contributed by atoms with Gasteiger partial charge in [-0.25, -0.2) is 5.43 Å². The van der Waals surface area contributed by atoms with Gasteiger partial charge < -0.3 is 23.7 Å². The normalized spacial score (nSPS) is 11.9. The summed E-state index contributed by atoms with van der Waals surface area (Å²) in [6, 6.07) is 19.1. The second-order valence-electron chi connectivity index (χ2n) is 8.11. The molecule has 0 saturated heterocycles. The molecule has 0 aliphatic carbocycles. The maximum atomic E-state index is 12.1. The number of nitrogens with one attached hydrogen (secondary N) is 1. The van der Waals surface area contributed by atoms with Gasteiger partial charge in [0.05, 0.1) is 19.9 Å². The second-order valence-corrected chi connectivity index (χ2v) is 8.11. The van der Waals surface area contributed by atoms with Crippen molar-refractivity contribution in [3.8, 4) is 28.7 Å². The van der Waals surface area contributed by atoms with Crippen molar-refractivity contribution in [1.82, 2.24) is 5.43 Å². The van der Waals surface area contributed by atoms with Crippen LogP contribution in [0.1, 0.15) is 36.5 Å². The van der Waals surface area contributed by atoms with Crippen LogP contribution in [0.2, 0.25) is 0 Å². The zero-order valence-electron chi connectivity index (χ0n) is 20.5. The van der Waals surface area contributed by atoms with E-state index < -0.39 is 0 Å². The zero-order valence-corrected chi connectivity index (χ0v) is 20.5. The molecule has 0 unspecified atom stereocenters. The number of hydrazone groups is 1. The highest BCUT2D eigenvalue weighted by Gasteiger charge is 2.14. The number of hydrogen-bond donors (Lipinski definition) is 1. The van der Waals surface area contributed by atoms with E-state index in [2.05, 4.69) is 10.5 Å². The van der Waals surface area contributed by atoms with Gasteiger partial charge in [-0.1, -0.05) is 18.2 Å². The van der Waals surface area contributed by atoms with Gasteiger partial charge in [0.15, 0.2) is 23.0 Å². The lowest BCUT2D eigenvalue weighted by molar-refractivity contribution is -0.121. The van der Waals surface area contributed by atoms with Gasteiger partial charge in [-0.05, 0) is 78.9 Å². The number of nitrogens with zero attached hydrogens (tertiary/aromatic N) is 1. The van der Waals surface area contributed by atoms with Crippen LogP contribution in [-0.2, 0) is 17.8 Å². The van der Waals surface area contributed by atoms with Crippen molar-refractivity contribution in [3.05, 3.63) is 77.4 Å². The van der Waals surface area contributed by atoms with Crippen LogP contribution in [0.4, 0.5) is 0 Å². The highest BCUT2D eigenvalue weighted by Crippen LogP contribution is 2.34. The molecule has 1 N–H and O–H groups in total. The summed E-state index contributed by atoms with van der Waals surface area (Å²) in [6.45, 7) is 3.00. The molecule has 8 nitrogen and oxygen atoms in total. The van der Waals surface area contributed by atoms with Gasteiger partial charge in [0.1, 0.15) is 12.4 Å². The quantitative estimate of drug-likeness (QED) is 0.288. The van der Waals surface area contributed by atoms with Crippen molar-refractivity contribution < 1.29 is 28.5 Å². The van der Waals surface area contributed by atoms with Crippen molar-refractivity contribution in [1.29, 1.82) is 0 Å². The molecule has 0 saturated carbocycles. The summed E-state index contributed by atoms with van der Waals surface area (Å²) in [5.41, 5.74) is 5.49. The number of carbonyl (C=O) groups is 1.